The molecule has 1 atom stereocenters. The summed E-state index contributed by atoms with van der Waals surface area (Å²) in [5.41, 5.74) is 2.80. The van der Waals surface area contributed by atoms with Crippen molar-refractivity contribution in [2.75, 3.05) is 26.3 Å². The minimum Gasteiger partial charge on any atom is -0.461 e. The Bertz CT molecular complexity index is 683. The molecular weight excluding hydrogens is 378 g/mol. The molecule has 2 N–H and O–H groups in total. The second kappa shape index (κ2) is 10.8. The second-order valence-corrected chi connectivity index (χ2v) is 7.62. The van der Waals surface area contributed by atoms with E-state index in [1.165, 1.54) is 0 Å². The van der Waals surface area contributed by atoms with Crippen molar-refractivity contribution in [1.82, 2.24) is 15.8 Å². The molecule has 160 valence electrons. The molecule has 2 rings (SSSR count). The number of alkyl carbamates (subject to hydrolysis) is 1. The molecule has 0 bridgehead atoms. The number of esters is 1. The van der Waals surface area contributed by atoms with E-state index >= 15 is 0 Å². The molecule has 1 aromatic carbocycles. The molecule has 0 radical (unpaired) electrons. The lowest BCUT2D eigenvalue weighted by Crippen LogP contribution is -2.56. The normalized spacial score (nSPS) is 15.8. The summed E-state index contributed by atoms with van der Waals surface area (Å²) in [4.78, 5) is 37.0. The number of nitrogens with zero attached hydrogens (tertiary/aromatic N) is 1. The van der Waals surface area contributed by atoms with Crippen molar-refractivity contribution < 1.29 is 28.6 Å². The van der Waals surface area contributed by atoms with Gasteiger partial charge in [-0.05, 0) is 26.3 Å². The predicted molar refractivity (Wildman–Crippen MR) is 105 cm³/mol. The van der Waals surface area contributed by atoms with E-state index in [0.29, 0.717) is 26.3 Å². The summed E-state index contributed by atoms with van der Waals surface area (Å²) in [6.45, 7) is 7.24. The van der Waals surface area contributed by atoms with Crippen LogP contribution in [0.1, 0.15) is 32.8 Å². The van der Waals surface area contributed by atoms with Crippen molar-refractivity contribution in [3.05, 3.63) is 35.9 Å². The van der Waals surface area contributed by atoms with Gasteiger partial charge in [0.05, 0.1) is 19.6 Å². The van der Waals surface area contributed by atoms with Gasteiger partial charge in [0, 0.05) is 13.1 Å². The summed E-state index contributed by atoms with van der Waals surface area (Å²) < 4.78 is 15.7. The molecule has 0 spiro atoms. The number of hydrazine groups is 1. The van der Waals surface area contributed by atoms with Crippen LogP contribution in [0.5, 0.6) is 0 Å². The summed E-state index contributed by atoms with van der Waals surface area (Å²) in [5, 5.41) is 4.15. The monoisotopic (exact) mass is 407 g/mol. The van der Waals surface area contributed by atoms with E-state index in [-0.39, 0.29) is 13.0 Å². The van der Waals surface area contributed by atoms with E-state index < -0.39 is 29.6 Å². The molecule has 1 saturated heterocycles. The van der Waals surface area contributed by atoms with E-state index in [2.05, 4.69) is 10.7 Å². The van der Waals surface area contributed by atoms with Gasteiger partial charge in [0.2, 0.25) is 0 Å². The zero-order valence-electron chi connectivity index (χ0n) is 17.1. The van der Waals surface area contributed by atoms with Crippen molar-refractivity contribution in [3.8, 4) is 0 Å². The van der Waals surface area contributed by atoms with Gasteiger partial charge >= 0.3 is 12.1 Å². The van der Waals surface area contributed by atoms with E-state index in [4.69, 9.17) is 14.2 Å². The summed E-state index contributed by atoms with van der Waals surface area (Å²) in [7, 11) is 0. The smallest absolute Gasteiger partial charge is 0.408 e. The summed E-state index contributed by atoms with van der Waals surface area (Å²) in [6.07, 6.45) is -1.10. The van der Waals surface area contributed by atoms with Gasteiger partial charge in [0.1, 0.15) is 18.2 Å². The standard InChI is InChI=1S/C20H29N3O6/c1-20(2,3)29-19(26)21-16(18(25)22-23-9-11-27-12-10-23)13-17(24)28-14-15-7-5-4-6-8-15/h4-8,16H,9-14H2,1-3H3,(H,21,26)(H,22,25)/t16-/m1/s1. The fourth-order valence-electron chi connectivity index (χ4n) is 2.53. The minimum absolute atomic E-state index is 0.0872. The van der Waals surface area contributed by atoms with E-state index in [1.807, 2.05) is 30.3 Å². The molecule has 1 heterocycles. The molecule has 2 amide bonds. The van der Waals surface area contributed by atoms with Crippen LogP contribution in [-0.2, 0) is 30.4 Å². The Kier molecular flexibility index (Phi) is 8.41. The maximum atomic E-state index is 12.7. The van der Waals surface area contributed by atoms with Crippen LogP contribution in [-0.4, -0.2) is 60.9 Å². The molecule has 1 aliphatic heterocycles. The number of hydrogen-bond acceptors (Lipinski definition) is 7. The van der Waals surface area contributed by atoms with Crippen molar-refractivity contribution in [3.63, 3.8) is 0 Å². The summed E-state index contributed by atoms with van der Waals surface area (Å²) in [5.74, 6) is -1.12. The first-order chi connectivity index (χ1) is 13.7. The number of carbonyl (C=O) groups is 3. The van der Waals surface area contributed by atoms with E-state index in [1.54, 1.807) is 25.8 Å². The maximum absolute atomic E-state index is 12.7. The fraction of sp³-hybridized carbons (Fsp3) is 0.550. The number of amides is 2. The number of benzene rings is 1. The SMILES string of the molecule is CC(C)(C)OC(=O)N[C@H](CC(=O)OCc1ccccc1)C(=O)NN1CCOCC1. The Labute approximate surface area is 170 Å². The Hall–Kier alpha value is -2.65. The first kappa shape index (κ1) is 22.6. The first-order valence-corrected chi connectivity index (χ1v) is 9.55. The van der Waals surface area contributed by atoms with Crippen LogP contribution in [0.25, 0.3) is 0 Å². The highest BCUT2D eigenvalue weighted by Crippen LogP contribution is 2.08. The van der Waals surface area contributed by atoms with Gasteiger partial charge < -0.3 is 19.5 Å². The molecule has 1 aromatic rings. The number of carbonyl (C=O) groups excluding carboxylic acids is 3. The maximum Gasteiger partial charge on any atom is 0.408 e. The Balaban J connectivity index is 1.95. The Morgan fingerprint density at radius 2 is 1.79 bits per heavy atom. The lowest BCUT2D eigenvalue weighted by molar-refractivity contribution is -0.147. The quantitative estimate of drug-likeness (QED) is 0.658. The largest absolute Gasteiger partial charge is 0.461 e. The van der Waals surface area contributed by atoms with Gasteiger partial charge in [-0.1, -0.05) is 30.3 Å². The third-order valence-electron chi connectivity index (χ3n) is 3.90. The number of rotatable bonds is 7. The van der Waals surface area contributed by atoms with Crippen molar-refractivity contribution in [1.29, 1.82) is 0 Å². The zero-order valence-corrected chi connectivity index (χ0v) is 17.1. The highest BCUT2D eigenvalue weighted by molar-refractivity contribution is 5.89. The highest BCUT2D eigenvalue weighted by atomic mass is 16.6. The fourth-order valence-corrected chi connectivity index (χ4v) is 2.53. The van der Waals surface area contributed by atoms with Gasteiger partial charge in [0.25, 0.3) is 5.91 Å². The summed E-state index contributed by atoms with van der Waals surface area (Å²) >= 11 is 0. The van der Waals surface area contributed by atoms with Crippen LogP contribution in [0.4, 0.5) is 4.79 Å². The van der Waals surface area contributed by atoms with Crippen LogP contribution in [0.2, 0.25) is 0 Å². The van der Waals surface area contributed by atoms with E-state index in [0.717, 1.165) is 5.56 Å². The van der Waals surface area contributed by atoms with Crippen molar-refractivity contribution in [2.24, 2.45) is 0 Å². The third kappa shape index (κ3) is 8.93. The number of morpholine rings is 1. The molecular formula is C20H29N3O6. The number of hydrogen-bond donors (Lipinski definition) is 2. The number of nitrogens with one attached hydrogen (secondary N) is 2. The van der Waals surface area contributed by atoms with Crippen LogP contribution in [0.15, 0.2) is 30.3 Å². The topological polar surface area (TPSA) is 106 Å². The van der Waals surface area contributed by atoms with Crippen LogP contribution in [0.3, 0.4) is 0 Å². The minimum atomic E-state index is -1.13. The first-order valence-electron chi connectivity index (χ1n) is 9.55. The zero-order chi connectivity index (χ0) is 21.3. The van der Waals surface area contributed by atoms with Gasteiger partial charge in [-0.15, -0.1) is 0 Å². The molecule has 9 nitrogen and oxygen atoms in total. The average Bonchev–Trinajstić information content (AvgIpc) is 2.66. The average molecular weight is 407 g/mol. The molecule has 0 saturated carbocycles. The Morgan fingerprint density at radius 1 is 1.14 bits per heavy atom. The lowest BCUT2D eigenvalue weighted by atomic mass is 10.2. The van der Waals surface area contributed by atoms with Gasteiger partial charge in [-0.25, -0.2) is 9.80 Å². The van der Waals surface area contributed by atoms with Crippen LogP contribution in [0, 0.1) is 0 Å². The highest BCUT2D eigenvalue weighted by Gasteiger charge is 2.28. The lowest BCUT2D eigenvalue weighted by Gasteiger charge is -2.29. The molecule has 1 aliphatic rings. The molecule has 29 heavy (non-hydrogen) atoms. The van der Waals surface area contributed by atoms with Crippen LogP contribution < -0.4 is 10.7 Å². The van der Waals surface area contributed by atoms with Gasteiger partial charge in [0.15, 0.2) is 0 Å². The molecule has 1 fully saturated rings. The second-order valence-electron chi connectivity index (χ2n) is 7.62. The molecule has 9 heteroatoms. The Morgan fingerprint density at radius 3 is 2.41 bits per heavy atom. The van der Waals surface area contributed by atoms with E-state index in [9.17, 15) is 14.4 Å². The number of ether oxygens (including phenoxy) is 3. The summed E-state index contributed by atoms with van der Waals surface area (Å²) in [6, 6.07) is 8.07. The molecule has 0 aliphatic carbocycles. The third-order valence-corrected chi connectivity index (χ3v) is 3.90. The van der Waals surface area contributed by atoms with Crippen molar-refractivity contribution in [2.45, 2.75) is 45.4 Å². The molecule has 0 unspecified atom stereocenters. The predicted octanol–water partition coefficient (Wildman–Crippen LogP) is 1.38. The molecule has 0 aromatic heterocycles. The van der Waals surface area contributed by atoms with Gasteiger partial charge in [-0.3, -0.25) is 15.0 Å². The van der Waals surface area contributed by atoms with Gasteiger partial charge in [-0.2, -0.15) is 0 Å². The van der Waals surface area contributed by atoms with Crippen molar-refractivity contribution >= 4 is 18.0 Å². The van der Waals surface area contributed by atoms with Crippen LogP contribution >= 0.6 is 0 Å².